The van der Waals surface area contributed by atoms with Crippen LogP contribution in [-0.4, -0.2) is 64.7 Å². The van der Waals surface area contributed by atoms with Gasteiger partial charge in [0.05, 0.1) is 12.7 Å². The highest BCUT2D eigenvalue weighted by Crippen LogP contribution is 2.17. The largest absolute Gasteiger partial charge is 0.465 e. The summed E-state index contributed by atoms with van der Waals surface area (Å²) in [4.78, 5) is 12.1. The SMILES string of the molecule is CCCCN1CCC(O)CC1CO.CCCCNC(=O)O. The quantitative estimate of drug-likeness (QED) is 0.537. The number of rotatable bonds is 7. The maximum absolute atomic E-state index is 9.76. The Labute approximate surface area is 128 Å². The molecule has 2 unspecified atom stereocenters. The van der Waals surface area contributed by atoms with E-state index in [1.54, 1.807) is 0 Å². The normalized spacial score (nSPS) is 22.3. The van der Waals surface area contributed by atoms with Gasteiger partial charge in [-0.05, 0) is 32.2 Å². The first-order valence-electron chi connectivity index (χ1n) is 8.04. The minimum Gasteiger partial charge on any atom is -0.465 e. The van der Waals surface area contributed by atoms with Crippen LogP contribution in [0.2, 0.25) is 0 Å². The standard InChI is InChI=1S/C10H21NO2.C5H11NO2/c1-2-3-5-11-6-4-10(13)7-9(11)8-12;1-2-3-4-6-5(7)8/h9-10,12-13H,2-8H2,1H3;6H,2-4H2,1H3,(H,7,8). The van der Waals surface area contributed by atoms with Crippen molar-refractivity contribution in [2.45, 2.75) is 64.5 Å². The number of unbranched alkanes of at least 4 members (excludes halogenated alkanes) is 2. The third-order valence-electron chi connectivity index (χ3n) is 3.63. The summed E-state index contributed by atoms with van der Waals surface area (Å²) in [5.41, 5.74) is 0. The lowest BCUT2D eigenvalue weighted by Gasteiger charge is -2.36. The lowest BCUT2D eigenvalue weighted by Crippen LogP contribution is -2.46. The second-order valence-corrected chi connectivity index (χ2v) is 5.49. The van der Waals surface area contributed by atoms with Crippen LogP contribution in [0.25, 0.3) is 0 Å². The zero-order valence-electron chi connectivity index (χ0n) is 13.4. The summed E-state index contributed by atoms with van der Waals surface area (Å²) in [5.74, 6) is 0. The molecule has 1 aliphatic rings. The minimum atomic E-state index is -0.932. The molecule has 1 fully saturated rings. The molecule has 0 aromatic rings. The Morgan fingerprint density at radius 2 is 1.95 bits per heavy atom. The number of carbonyl (C=O) groups is 1. The molecule has 0 bridgehead atoms. The predicted octanol–water partition coefficient (Wildman–Crippen LogP) is 1.66. The Bertz CT molecular complexity index is 262. The average Bonchev–Trinajstić information content (AvgIpc) is 2.46. The van der Waals surface area contributed by atoms with E-state index in [9.17, 15) is 9.90 Å². The number of likely N-dealkylation sites (tertiary alicyclic amines) is 1. The Hall–Kier alpha value is -0.850. The van der Waals surface area contributed by atoms with E-state index >= 15 is 0 Å². The van der Waals surface area contributed by atoms with Gasteiger partial charge in [0.25, 0.3) is 0 Å². The van der Waals surface area contributed by atoms with Crippen molar-refractivity contribution in [3.8, 4) is 0 Å². The summed E-state index contributed by atoms with van der Waals surface area (Å²) in [7, 11) is 0. The molecule has 1 saturated heterocycles. The first kappa shape index (κ1) is 20.1. The van der Waals surface area contributed by atoms with Gasteiger partial charge >= 0.3 is 6.09 Å². The van der Waals surface area contributed by atoms with Crippen molar-refractivity contribution in [1.29, 1.82) is 0 Å². The fraction of sp³-hybridized carbons (Fsp3) is 0.933. The molecule has 1 rings (SSSR count). The molecule has 0 aromatic heterocycles. The third kappa shape index (κ3) is 10.5. The molecule has 0 radical (unpaired) electrons. The molecular formula is C15H32N2O4. The number of hydrogen-bond acceptors (Lipinski definition) is 4. The summed E-state index contributed by atoms with van der Waals surface area (Å²) in [6.45, 7) is 6.95. The summed E-state index contributed by atoms with van der Waals surface area (Å²) in [6.07, 6.45) is 4.80. The molecule has 6 heteroatoms. The predicted molar refractivity (Wildman–Crippen MR) is 83.5 cm³/mol. The van der Waals surface area contributed by atoms with Gasteiger partial charge in [0.15, 0.2) is 0 Å². The molecule has 1 heterocycles. The summed E-state index contributed by atoms with van der Waals surface area (Å²) in [6, 6.07) is 0.190. The van der Waals surface area contributed by atoms with Crippen molar-refractivity contribution in [2.75, 3.05) is 26.2 Å². The van der Waals surface area contributed by atoms with Crippen molar-refractivity contribution >= 4 is 6.09 Å². The van der Waals surface area contributed by atoms with Gasteiger partial charge in [-0.15, -0.1) is 0 Å². The Morgan fingerprint density at radius 3 is 2.48 bits per heavy atom. The van der Waals surface area contributed by atoms with Crippen molar-refractivity contribution in [2.24, 2.45) is 0 Å². The molecule has 126 valence electrons. The molecule has 0 aliphatic carbocycles. The summed E-state index contributed by atoms with van der Waals surface area (Å²) in [5, 5.41) is 28.8. The van der Waals surface area contributed by atoms with Crippen LogP contribution in [0.1, 0.15) is 52.4 Å². The van der Waals surface area contributed by atoms with E-state index in [4.69, 9.17) is 10.2 Å². The monoisotopic (exact) mass is 304 g/mol. The second kappa shape index (κ2) is 12.9. The average molecular weight is 304 g/mol. The summed E-state index contributed by atoms with van der Waals surface area (Å²) >= 11 is 0. The van der Waals surface area contributed by atoms with E-state index in [1.165, 1.54) is 12.8 Å². The minimum absolute atomic E-state index is 0.181. The number of aliphatic hydroxyl groups is 2. The third-order valence-corrected chi connectivity index (χ3v) is 3.63. The van der Waals surface area contributed by atoms with Gasteiger partial charge < -0.3 is 20.6 Å². The van der Waals surface area contributed by atoms with E-state index in [1.807, 2.05) is 6.92 Å². The number of amides is 1. The van der Waals surface area contributed by atoms with E-state index < -0.39 is 6.09 Å². The fourth-order valence-corrected chi connectivity index (χ4v) is 2.30. The molecule has 0 spiro atoms. The van der Waals surface area contributed by atoms with Crippen LogP contribution in [-0.2, 0) is 0 Å². The van der Waals surface area contributed by atoms with Crippen LogP contribution in [0.3, 0.4) is 0 Å². The van der Waals surface area contributed by atoms with Crippen LogP contribution in [0, 0.1) is 0 Å². The van der Waals surface area contributed by atoms with Gasteiger partial charge in [0.1, 0.15) is 0 Å². The highest BCUT2D eigenvalue weighted by atomic mass is 16.4. The topological polar surface area (TPSA) is 93.0 Å². The smallest absolute Gasteiger partial charge is 0.404 e. The van der Waals surface area contributed by atoms with Gasteiger partial charge in [-0.3, -0.25) is 4.90 Å². The van der Waals surface area contributed by atoms with Gasteiger partial charge in [-0.2, -0.15) is 0 Å². The van der Waals surface area contributed by atoms with Crippen LogP contribution in [0.15, 0.2) is 0 Å². The molecule has 4 N–H and O–H groups in total. The Kier molecular flexibility index (Phi) is 12.3. The molecule has 1 amide bonds. The van der Waals surface area contributed by atoms with E-state index in [2.05, 4.69) is 17.1 Å². The summed E-state index contributed by atoms with van der Waals surface area (Å²) < 4.78 is 0. The zero-order valence-corrected chi connectivity index (χ0v) is 13.4. The van der Waals surface area contributed by atoms with Crippen LogP contribution in [0.5, 0.6) is 0 Å². The maximum atomic E-state index is 9.76. The van der Waals surface area contributed by atoms with Crippen molar-refractivity contribution < 1.29 is 20.1 Å². The number of nitrogens with one attached hydrogen (secondary N) is 1. The number of piperidine rings is 1. The molecule has 2 atom stereocenters. The highest BCUT2D eigenvalue weighted by Gasteiger charge is 2.25. The van der Waals surface area contributed by atoms with E-state index in [0.717, 1.165) is 38.8 Å². The molecule has 6 nitrogen and oxygen atoms in total. The Morgan fingerprint density at radius 1 is 1.29 bits per heavy atom. The van der Waals surface area contributed by atoms with Crippen molar-refractivity contribution in [3.63, 3.8) is 0 Å². The van der Waals surface area contributed by atoms with Crippen molar-refractivity contribution in [1.82, 2.24) is 10.2 Å². The first-order chi connectivity index (χ1) is 10.0. The molecule has 0 aromatic carbocycles. The Balaban J connectivity index is 0.000000433. The fourth-order valence-electron chi connectivity index (χ4n) is 2.30. The van der Waals surface area contributed by atoms with E-state index in [-0.39, 0.29) is 18.8 Å². The second-order valence-electron chi connectivity index (χ2n) is 5.49. The highest BCUT2D eigenvalue weighted by molar-refractivity contribution is 5.64. The van der Waals surface area contributed by atoms with Crippen molar-refractivity contribution in [3.05, 3.63) is 0 Å². The lowest BCUT2D eigenvalue weighted by molar-refractivity contribution is 0.0166. The van der Waals surface area contributed by atoms with Gasteiger partial charge in [-0.25, -0.2) is 4.79 Å². The number of aliphatic hydroxyl groups excluding tert-OH is 2. The number of carboxylic acid groups (broad SMARTS) is 1. The first-order valence-corrected chi connectivity index (χ1v) is 8.04. The van der Waals surface area contributed by atoms with Crippen LogP contribution in [0.4, 0.5) is 4.79 Å². The van der Waals surface area contributed by atoms with Gasteiger partial charge in [0.2, 0.25) is 0 Å². The maximum Gasteiger partial charge on any atom is 0.404 e. The zero-order chi connectivity index (χ0) is 16.1. The number of nitrogens with zero attached hydrogens (tertiary/aromatic N) is 1. The molecule has 21 heavy (non-hydrogen) atoms. The molecule has 1 aliphatic heterocycles. The van der Waals surface area contributed by atoms with Gasteiger partial charge in [-0.1, -0.05) is 26.7 Å². The van der Waals surface area contributed by atoms with Crippen LogP contribution < -0.4 is 5.32 Å². The van der Waals surface area contributed by atoms with E-state index in [0.29, 0.717) is 6.54 Å². The lowest BCUT2D eigenvalue weighted by atomic mass is 10.00. The van der Waals surface area contributed by atoms with Gasteiger partial charge in [0, 0.05) is 19.1 Å². The van der Waals surface area contributed by atoms with Crippen LogP contribution >= 0.6 is 0 Å². The number of hydrogen-bond donors (Lipinski definition) is 4. The molecular weight excluding hydrogens is 272 g/mol. The molecule has 0 saturated carbocycles.